The van der Waals surface area contributed by atoms with Crippen LogP contribution in [-0.2, 0) is 4.74 Å². The molecule has 2 aliphatic heterocycles. The number of anilines is 1. The van der Waals surface area contributed by atoms with Crippen molar-refractivity contribution in [3.63, 3.8) is 0 Å². The molecule has 0 radical (unpaired) electrons. The lowest BCUT2D eigenvalue weighted by molar-refractivity contribution is 0.0209. The summed E-state index contributed by atoms with van der Waals surface area (Å²) in [6, 6.07) is 2.65. The predicted molar refractivity (Wildman–Crippen MR) is 77.5 cm³/mol. The minimum absolute atomic E-state index is 0.637. The Morgan fingerprint density at radius 2 is 2.05 bits per heavy atom. The fourth-order valence-electron chi connectivity index (χ4n) is 2.87. The molecule has 0 spiro atoms. The molecule has 1 atom stereocenters. The SMILES string of the molecule is Cc1nc(Br)cc(N2CCC(N3CCOCC3)C2)n1. The van der Waals surface area contributed by atoms with E-state index in [-0.39, 0.29) is 0 Å². The smallest absolute Gasteiger partial charge is 0.133 e. The predicted octanol–water partition coefficient (Wildman–Crippen LogP) is 1.46. The topological polar surface area (TPSA) is 41.5 Å². The molecular formula is C13H19BrN4O. The maximum atomic E-state index is 5.42. The van der Waals surface area contributed by atoms with Crippen LogP contribution in [0.4, 0.5) is 5.82 Å². The van der Waals surface area contributed by atoms with Crippen molar-refractivity contribution in [3.8, 4) is 0 Å². The molecule has 3 rings (SSSR count). The minimum Gasteiger partial charge on any atom is -0.379 e. The van der Waals surface area contributed by atoms with Gasteiger partial charge in [-0.25, -0.2) is 9.97 Å². The average molecular weight is 327 g/mol. The highest BCUT2D eigenvalue weighted by atomic mass is 79.9. The van der Waals surface area contributed by atoms with Crippen LogP contribution in [0.3, 0.4) is 0 Å². The van der Waals surface area contributed by atoms with Gasteiger partial charge >= 0.3 is 0 Å². The van der Waals surface area contributed by atoms with Crippen molar-refractivity contribution < 1.29 is 4.74 Å². The largest absolute Gasteiger partial charge is 0.379 e. The van der Waals surface area contributed by atoms with Gasteiger partial charge in [-0.05, 0) is 29.3 Å². The number of halogens is 1. The van der Waals surface area contributed by atoms with Gasteiger partial charge in [-0.2, -0.15) is 0 Å². The van der Waals surface area contributed by atoms with E-state index in [9.17, 15) is 0 Å². The zero-order valence-corrected chi connectivity index (χ0v) is 12.8. The summed E-state index contributed by atoms with van der Waals surface area (Å²) in [5.41, 5.74) is 0. The number of aryl methyl sites for hydroxylation is 1. The van der Waals surface area contributed by atoms with Crippen molar-refractivity contribution in [2.75, 3.05) is 44.3 Å². The first-order valence-electron chi connectivity index (χ1n) is 6.80. The van der Waals surface area contributed by atoms with Gasteiger partial charge in [0.2, 0.25) is 0 Å². The molecule has 1 aromatic rings. The number of morpholine rings is 1. The van der Waals surface area contributed by atoms with E-state index in [0.717, 1.165) is 55.6 Å². The highest BCUT2D eigenvalue weighted by Crippen LogP contribution is 2.23. The van der Waals surface area contributed by atoms with E-state index in [1.807, 2.05) is 13.0 Å². The van der Waals surface area contributed by atoms with E-state index < -0.39 is 0 Å². The molecule has 104 valence electrons. The Morgan fingerprint density at radius 1 is 1.26 bits per heavy atom. The van der Waals surface area contributed by atoms with E-state index in [1.165, 1.54) is 6.42 Å². The van der Waals surface area contributed by atoms with Crippen molar-refractivity contribution in [2.45, 2.75) is 19.4 Å². The maximum absolute atomic E-state index is 5.42. The van der Waals surface area contributed by atoms with E-state index >= 15 is 0 Å². The van der Waals surface area contributed by atoms with Crippen molar-refractivity contribution in [1.82, 2.24) is 14.9 Å². The zero-order valence-electron chi connectivity index (χ0n) is 11.2. The number of ether oxygens (including phenoxy) is 1. The summed E-state index contributed by atoms with van der Waals surface area (Å²) in [5, 5.41) is 0. The second kappa shape index (κ2) is 5.73. The molecule has 2 saturated heterocycles. The van der Waals surface area contributed by atoms with Crippen molar-refractivity contribution in [1.29, 1.82) is 0 Å². The molecular weight excluding hydrogens is 308 g/mol. The van der Waals surface area contributed by atoms with Gasteiger partial charge in [0.05, 0.1) is 13.2 Å². The number of rotatable bonds is 2. The molecule has 6 heteroatoms. The monoisotopic (exact) mass is 326 g/mol. The molecule has 0 amide bonds. The van der Waals surface area contributed by atoms with Crippen LogP contribution in [0.1, 0.15) is 12.2 Å². The Morgan fingerprint density at radius 3 is 2.79 bits per heavy atom. The van der Waals surface area contributed by atoms with Crippen LogP contribution in [0.5, 0.6) is 0 Å². The Kier molecular flexibility index (Phi) is 4.00. The maximum Gasteiger partial charge on any atom is 0.133 e. The van der Waals surface area contributed by atoms with Gasteiger partial charge in [-0.15, -0.1) is 0 Å². The number of hydrogen-bond acceptors (Lipinski definition) is 5. The summed E-state index contributed by atoms with van der Waals surface area (Å²) >= 11 is 3.45. The zero-order chi connectivity index (χ0) is 13.2. The first-order chi connectivity index (χ1) is 9.22. The lowest BCUT2D eigenvalue weighted by Gasteiger charge is -2.32. The molecule has 0 N–H and O–H groups in total. The van der Waals surface area contributed by atoms with E-state index in [4.69, 9.17) is 4.74 Å². The molecule has 3 heterocycles. The number of hydrogen-bond donors (Lipinski definition) is 0. The third-order valence-electron chi connectivity index (χ3n) is 3.84. The summed E-state index contributed by atoms with van der Waals surface area (Å²) in [7, 11) is 0. The van der Waals surface area contributed by atoms with Crippen LogP contribution in [-0.4, -0.2) is 60.3 Å². The molecule has 0 aliphatic carbocycles. The van der Waals surface area contributed by atoms with Crippen LogP contribution in [0, 0.1) is 6.92 Å². The third kappa shape index (κ3) is 3.07. The Labute approximate surface area is 122 Å². The third-order valence-corrected chi connectivity index (χ3v) is 4.25. The normalized spacial score (nSPS) is 24.9. The van der Waals surface area contributed by atoms with Crippen molar-refractivity contribution >= 4 is 21.7 Å². The second-order valence-corrected chi connectivity index (χ2v) is 5.95. The molecule has 2 fully saturated rings. The van der Waals surface area contributed by atoms with E-state index in [0.29, 0.717) is 6.04 Å². The van der Waals surface area contributed by atoms with Crippen LogP contribution in [0.25, 0.3) is 0 Å². The van der Waals surface area contributed by atoms with Crippen LogP contribution in [0.2, 0.25) is 0 Å². The molecule has 19 heavy (non-hydrogen) atoms. The standard InChI is InChI=1S/C13H19BrN4O/c1-10-15-12(14)8-13(16-10)18-3-2-11(9-18)17-4-6-19-7-5-17/h8,11H,2-7,9H2,1H3. The molecule has 0 saturated carbocycles. The van der Waals surface area contributed by atoms with Gasteiger partial charge in [-0.3, -0.25) is 4.90 Å². The van der Waals surface area contributed by atoms with Gasteiger partial charge in [0.1, 0.15) is 16.2 Å². The van der Waals surface area contributed by atoms with Crippen molar-refractivity contribution in [3.05, 3.63) is 16.5 Å². The van der Waals surface area contributed by atoms with E-state index in [2.05, 4.69) is 35.7 Å². The summed E-state index contributed by atoms with van der Waals surface area (Å²) in [4.78, 5) is 13.7. The minimum atomic E-state index is 0.637. The van der Waals surface area contributed by atoms with E-state index in [1.54, 1.807) is 0 Å². The lowest BCUT2D eigenvalue weighted by Crippen LogP contribution is -2.44. The van der Waals surface area contributed by atoms with Gasteiger partial charge in [0.15, 0.2) is 0 Å². The van der Waals surface area contributed by atoms with Gasteiger partial charge < -0.3 is 9.64 Å². The fraction of sp³-hybridized carbons (Fsp3) is 0.692. The lowest BCUT2D eigenvalue weighted by atomic mass is 10.2. The molecule has 2 aliphatic rings. The summed E-state index contributed by atoms with van der Waals surface area (Å²) in [6.45, 7) is 7.93. The summed E-state index contributed by atoms with van der Waals surface area (Å²) in [6.07, 6.45) is 1.21. The van der Waals surface area contributed by atoms with Gasteiger partial charge in [0, 0.05) is 38.3 Å². The molecule has 1 unspecified atom stereocenters. The Hall–Kier alpha value is -0.720. The Bertz CT molecular complexity index is 430. The van der Waals surface area contributed by atoms with Gasteiger partial charge in [-0.1, -0.05) is 0 Å². The quantitative estimate of drug-likeness (QED) is 0.770. The number of aromatic nitrogens is 2. The summed E-state index contributed by atoms with van der Waals surface area (Å²) < 4.78 is 6.29. The van der Waals surface area contributed by atoms with Crippen molar-refractivity contribution in [2.24, 2.45) is 0 Å². The summed E-state index contributed by atoms with van der Waals surface area (Å²) in [5.74, 6) is 1.86. The average Bonchev–Trinajstić information content (AvgIpc) is 2.88. The van der Waals surface area contributed by atoms with Gasteiger partial charge in [0.25, 0.3) is 0 Å². The van der Waals surface area contributed by atoms with Crippen LogP contribution >= 0.6 is 15.9 Å². The number of nitrogens with zero attached hydrogens (tertiary/aromatic N) is 4. The first kappa shape index (κ1) is 13.3. The molecule has 1 aromatic heterocycles. The molecule has 0 bridgehead atoms. The molecule has 0 aromatic carbocycles. The van der Waals surface area contributed by atoms with Crippen LogP contribution < -0.4 is 4.90 Å². The Balaban J connectivity index is 1.67. The highest BCUT2D eigenvalue weighted by molar-refractivity contribution is 9.10. The second-order valence-electron chi connectivity index (χ2n) is 5.13. The highest BCUT2D eigenvalue weighted by Gasteiger charge is 2.29. The first-order valence-corrected chi connectivity index (χ1v) is 7.59. The van der Waals surface area contributed by atoms with Crippen LogP contribution in [0.15, 0.2) is 10.7 Å². The molecule has 5 nitrogen and oxygen atoms in total. The fourth-order valence-corrected chi connectivity index (χ4v) is 3.33.